The summed E-state index contributed by atoms with van der Waals surface area (Å²) in [7, 11) is 0. The van der Waals surface area contributed by atoms with Gasteiger partial charge in [0.25, 0.3) is 0 Å². The van der Waals surface area contributed by atoms with Gasteiger partial charge in [0.1, 0.15) is 17.5 Å². The lowest BCUT2D eigenvalue weighted by Crippen LogP contribution is -2.70. The van der Waals surface area contributed by atoms with Crippen LogP contribution in [0.5, 0.6) is 11.5 Å². The number of hydrogen-bond acceptors (Lipinski definition) is 10. The molecule has 7 atom stereocenters. The molecular weight excluding hydrogens is 907 g/mol. The van der Waals surface area contributed by atoms with Gasteiger partial charge in [0.05, 0.1) is 24.8 Å². The smallest absolute Gasteiger partial charge is 0.412 e. The van der Waals surface area contributed by atoms with E-state index in [-0.39, 0.29) is 49.4 Å². The van der Waals surface area contributed by atoms with Crippen molar-refractivity contribution < 1.29 is 43.6 Å². The molecule has 72 heavy (non-hydrogen) atoms. The van der Waals surface area contributed by atoms with E-state index in [4.69, 9.17) is 28.9 Å². The Morgan fingerprint density at radius 2 is 1.62 bits per heavy atom. The summed E-state index contributed by atoms with van der Waals surface area (Å²) in [5.41, 5.74) is 3.62. The van der Waals surface area contributed by atoms with Crippen LogP contribution in [0.2, 0.25) is 0 Å². The molecule has 1 saturated heterocycles. The zero-order valence-corrected chi connectivity index (χ0v) is 43.1. The monoisotopic (exact) mass is 990 g/mol. The number of nitrogens with one attached hydrogen (secondary N) is 1. The van der Waals surface area contributed by atoms with E-state index in [1.165, 1.54) is 44.9 Å². The molecule has 3 aromatic rings. The van der Waals surface area contributed by atoms with Crippen LogP contribution in [-0.2, 0) is 25.7 Å². The Bertz CT molecular complexity index is 2280. The highest BCUT2D eigenvalue weighted by molar-refractivity contribution is 6.03. The van der Waals surface area contributed by atoms with E-state index in [0.29, 0.717) is 50.5 Å². The Hall–Kier alpha value is -4.75. The number of fused-ring (bicyclic) bond motifs is 3. The molecule has 2 aliphatic heterocycles. The number of amides is 2. The van der Waals surface area contributed by atoms with Gasteiger partial charge in [-0.2, -0.15) is 0 Å². The van der Waals surface area contributed by atoms with Gasteiger partial charge in [-0.15, -0.1) is 6.58 Å². The molecule has 3 N–H and O–H groups in total. The highest BCUT2D eigenvalue weighted by Gasteiger charge is 2.66. The van der Waals surface area contributed by atoms with Gasteiger partial charge in [-0.1, -0.05) is 137 Å². The molecule has 0 aromatic heterocycles. The van der Waals surface area contributed by atoms with Gasteiger partial charge in [-0.25, -0.2) is 4.79 Å². The van der Waals surface area contributed by atoms with E-state index in [2.05, 4.69) is 55.2 Å². The molecule has 0 spiro atoms. The lowest BCUT2D eigenvalue weighted by Gasteiger charge is -2.60. The molecule has 392 valence electrons. The van der Waals surface area contributed by atoms with Crippen molar-refractivity contribution >= 4 is 28.5 Å². The Kier molecular flexibility index (Phi) is 20.1. The Labute approximate surface area is 428 Å². The van der Waals surface area contributed by atoms with Crippen molar-refractivity contribution in [2.75, 3.05) is 33.0 Å². The SMILES string of the molecule is C=CCO[C@@]12Oc3ccc(OC(=O)NCCCCCCCCCCCC)cc3[C@H]3[C@H](CCCCO)[C@@H](CCCCO)C=C(C(=NOC4CCCCO4)C[C@@H]1N(Cc1cccc4ccccc14)C(=O)C1CC1)[C@H]32. The highest BCUT2D eigenvalue weighted by atomic mass is 16.8. The number of oxime groups is 1. The molecule has 1 unspecified atom stereocenters. The maximum atomic E-state index is 15.2. The van der Waals surface area contributed by atoms with Gasteiger partial charge in [0.2, 0.25) is 18.0 Å². The Balaban J connectivity index is 1.19. The second kappa shape index (κ2) is 27.0. The van der Waals surface area contributed by atoms with E-state index in [1.807, 2.05) is 29.2 Å². The van der Waals surface area contributed by atoms with Crippen LogP contribution in [0.4, 0.5) is 4.79 Å². The first-order valence-electron chi connectivity index (χ1n) is 28.0. The van der Waals surface area contributed by atoms with Gasteiger partial charge in [0.15, 0.2) is 0 Å². The average molecular weight is 990 g/mol. The fourth-order valence-corrected chi connectivity index (χ4v) is 12.1. The molecule has 5 aliphatic rings. The number of hydrogen-bond donors (Lipinski definition) is 3. The highest BCUT2D eigenvalue weighted by Crippen LogP contribution is 2.62. The number of benzene rings is 3. The van der Waals surface area contributed by atoms with Crippen LogP contribution >= 0.6 is 0 Å². The average Bonchev–Trinajstić information content (AvgIpc) is 4.26. The molecule has 8 rings (SSSR count). The number of nitrogens with zero attached hydrogens (tertiary/aromatic N) is 2. The summed E-state index contributed by atoms with van der Waals surface area (Å²) < 4.78 is 27.0. The summed E-state index contributed by atoms with van der Waals surface area (Å²) >= 11 is 0. The van der Waals surface area contributed by atoms with Crippen molar-refractivity contribution in [3.63, 3.8) is 0 Å². The number of aliphatic hydroxyl groups excluding tert-OH is 2. The lowest BCUT2D eigenvalue weighted by atomic mass is 9.55. The third-order valence-electron chi connectivity index (χ3n) is 15.9. The zero-order valence-electron chi connectivity index (χ0n) is 43.1. The maximum Gasteiger partial charge on any atom is 0.412 e. The van der Waals surface area contributed by atoms with E-state index < -0.39 is 30.1 Å². The molecule has 3 aliphatic carbocycles. The maximum absolute atomic E-state index is 15.2. The first-order chi connectivity index (χ1) is 35.4. The molecular formula is C60H83N3O9. The minimum Gasteiger partial charge on any atom is -0.459 e. The number of allylic oxidation sites excluding steroid dienone is 1. The topological polar surface area (TPSA) is 148 Å². The summed E-state index contributed by atoms with van der Waals surface area (Å²) in [6.07, 6.45) is 24.5. The number of carbonyl (C=O) groups is 2. The van der Waals surface area contributed by atoms with E-state index in [1.54, 1.807) is 12.1 Å². The Morgan fingerprint density at radius 3 is 2.36 bits per heavy atom. The summed E-state index contributed by atoms with van der Waals surface area (Å²) in [4.78, 5) is 37.1. The quantitative estimate of drug-likeness (QED) is 0.0351. The fourth-order valence-electron chi connectivity index (χ4n) is 12.1. The minimum atomic E-state index is -1.41. The standard InChI is InChI=1S/C60H83N3O9/c1-3-5-6-7-8-9-10-11-12-18-34-61-59(67)70-47-32-33-53-51(40-47)56-49(28-16-20-36-65)45(24-15-19-35-64)39-50-52(62-72-55-29-17-21-38-68-55)41-54(60(71-53,57(50)56)69-37-4-2)63(58(66)44-30-31-44)42-46-26-22-25-43-23-13-14-27-48(43)46/h4,13-14,22-23,25-27,32-33,39-40,44-45,49,54-57,64-65H,2-3,5-12,15-21,24,28-31,34-38,41-42H2,1H3,(H,61,67)/t45-,49+,54-,55?,56+,57+,60+/m0/s1. The van der Waals surface area contributed by atoms with E-state index in [9.17, 15) is 15.0 Å². The molecule has 3 fully saturated rings. The van der Waals surface area contributed by atoms with Crippen LogP contribution in [0.1, 0.15) is 165 Å². The van der Waals surface area contributed by atoms with Crippen LogP contribution in [0.15, 0.2) is 90.1 Å². The second-order valence-corrected chi connectivity index (χ2v) is 21.1. The predicted octanol–water partition coefficient (Wildman–Crippen LogP) is 12.4. The second-order valence-electron chi connectivity index (χ2n) is 21.1. The summed E-state index contributed by atoms with van der Waals surface area (Å²) in [5, 5.41) is 30.4. The van der Waals surface area contributed by atoms with Crippen molar-refractivity contribution in [1.82, 2.24) is 10.2 Å². The van der Waals surface area contributed by atoms with Gasteiger partial charge in [0, 0.05) is 56.5 Å². The molecule has 2 saturated carbocycles. The van der Waals surface area contributed by atoms with Crippen LogP contribution in [-0.4, -0.2) is 83.9 Å². The molecule has 12 heteroatoms. The number of unbranched alkanes of at least 4 members (excludes halogenated alkanes) is 11. The van der Waals surface area contributed by atoms with Crippen molar-refractivity contribution in [1.29, 1.82) is 0 Å². The van der Waals surface area contributed by atoms with Crippen LogP contribution < -0.4 is 14.8 Å². The normalized spacial score (nSPS) is 24.9. The third-order valence-corrected chi connectivity index (χ3v) is 15.9. The number of rotatable bonds is 29. The van der Waals surface area contributed by atoms with Crippen molar-refractivity contribution in [2.45, 2.75) is 179 Å². The van der Waals surface area contributed by atoms with Crippen LogP contribution in [0.25, 0.3) is 10.8 Å². The molecule has 12 nitrogen and oxygen atoms in total. The first kappa shape index (κ1) is 53.5. The van der Waals surface area contributed by atoms with Gasteiger partial charge >= 0.3 is 6.09 Å². The summed E-state index contributed by atoms with van der Waals surface area (Å²) in [6, 6.07) is 19.6. The zero-order chi connectivity index (χ0) is 50.1. The fraction of sp³-hybridized carbons (Fsp3) is 0.617. The Morgan fingerprint density at radius 1 is 0.875 bits per heavy atom. The molecule has 0 bridgehead atoms. The van der Waals surface area contributed by atoms with Crippen molar-refractivity contribution in [3.05, 3.63) is 96.1 Å². The number of ether oxygens (including phenoxy) is 4. The van der Waals surface area contributed by atoms with Gasteiger partial charge in [-0.05, 0) is 110 Å². The number of aliphatic hydroxyl groups is 2. The summed E-state index contributed by atoms with van der Waals surface area (Å²) in [5.74, 6) is -1.11. The van der Waals surface area contributed by atoms with Crippen LogP contribution in [0, 0.1) is 23.7 Å². The summed E-state index contributed by atoms with van der Waals surface area (Å²) in [6.45, 7) is 8.20. The molecule has 2 amide bonds. The molecule has 2 heterocycles. The van der Waals surface area contributed by atoms with E-state index in [0.717, 1.165) is 110 Å². The lowest BCUT2D eigenvalue weighted by molar-refractivity contribution is -0.258. The predicted molar refractivity (Wildman–Crippen MR) is 283 cm³/mol. The van der Waals surface area contributed by atoms with Crippen LogP contribution in [0.3, 0.4) is 0 Å². The van der Waals surface area contributed by atoms with Gasteiger partial charge in [-0.3, -0.25) is 4.79 Å². The number of carbonyl (C=O) groups excluding carboxylic acids is 2. The van der Waals surface area contributed by atoms with Gasteiger partial charge < -0.3 is 44.2 Å². The third kappa shape index (κ3) is 13.3. The van der Waals surface area contributed by atoms with Crippen molar-refractivity contribution in [2.24, 2.45) is 28.8 Å². The van der Waals surface area contributed by atoms with E-state index >= 15 is 4.79 Å². The minimum absolute atomic E-state index is 0.0204. The molecule has 3 aromatic carbocycles. The largest absolute Gasteiger partial charge is 0.459 e. The first-order valence-corrected chi connectivity index (χ1v) is 28.0. The van der Waals surface area contributed by atoms with Crippen molar-refractivity contribution in [3.8, 4) is 11.5 Å². The molecule has 0 radical (unpaired) electrons.